The third-order valence-electron chi connectivity index (χ3n) is 3.56. The molecule has 2 N–H and O–H groups in total. The van der Waals surface area contributed by atoms with Crippen molar-refractivity contribution in [3.8, 4) is 0 Å². The van der Waals surface area contributed by atoms with Crippen LogP contribution in [0.5, 0.6) is 0 Å². The molecule has 0 amide bonds. The lowest BCUT2D eigenvalue weighted by molar-refractivity contribution is -0.138. The van der Waals surface area contributed by atoms with E-state index in [1.165, 1.54) is 0 Å². The fourth-order valence-electron chi connectivity index (χ4n) is 2.48. The van der Waals surface area contributed by atoms with Crippen LogP contribution in [0.15, 0.2) is 29.0 Å². The molecule has 0 saturated heterocycles. The summed E-state index contributed by atoms with van der Waals surface area (Å²) in [6.07, 6.45) is 6.21. The van der Waals surface area contributed by atoms with Gasteiger partial charge in [-0.1, -0.05) is 0 Å². The molecule has 0 spiro atoms. The highest BCUT2D eigenvalue weighted by atomic mass is 16.4. The van der Waals surface area contributed by atoms with Gasteiger partial charge in [0.05, 0.1) is 18.1 Å². The van der Waals surface area contributed by atoms with Crippen molar-refractivity contribution in [2.24, 2.45) is 0 Å². The maximum absolute atomic E-state index is 10.9. The van der Waals surface area contributed by atoms with Crippen LogP contribution in [0.25, 0.3) is 11.0 Å². The second-order valence-electron chi connectivity index (χ2n) is 4.82. The molecule has 0 radical (unpaired) electrons. The number of aliphatic carboxylic acids is 1. The van der Waals surface area contributed by atoms with Gasteiger partial charge in [-0.25, -0.2) is 4.98 Å². The van der Waals surface area contributed by atoms with E-state index in [2.05, 4.69) is 10.3 Å². The van der Waals surface area contributed by atoms with Gasteiger partial charge in [-0.05, 0) is 31.4 Å². The molecule has 1 saturated carbocycles. The van der Waals surface area contributed by atoms with Crippen LogP contribution in [0.4, 0.5) is 5.82 Å². The molecule has 0 aliphatic heterocycles. The van der Waals surface area contributed by atoms with Gasteiger partial charge in [-0.15, -0.1) is 0 Å². The fourth-order valence-corrected chi connectivity index (χ4v) is 2.48. The number of anilines is 1. The molecule has 0 unspecified atom stereocenters. The van der Waals surface area contributed by atoms with Crippen LogP contribution in [0.2, 0.25) is 0 Å². The number of fused-ring (bicyclic) bond motifs is 1. The van der Waals surface area contributed by atoms with E-state index in [1.54, 1.807) is 18.5 Å². The zero-order valence-corrected chi connectivity index (χ0v) is 9.85. The highest BCUT2D eigenvalue weighted by Crippen LogP contribution is 2.39. The van der Waals surface area contributed by atoms with E-state index in [0.717, 1.165) is 30.2 Å². The van der Waals surface area contributed by atoms with Gasteiger partial charge in [-0.2, -0.15) is 0 Å². The number of furan rings is 1. The van der Waals surface area contributed by atoms with E-state index in [9.17, 15) is 4.79 Å². The molecule has 0 atom stereocenters. The maximum Gasteiger partial charge on any atom is 0.305 e. The average molecular weight is 246 g/mol. The van der Waals surface area contributed by atoms with Gasteiger partial charge in [-0.3, -0.25) is 4.79 Å². The van der Waals surface area contributed by atoms with Crippen LogP contribution in [-0.4, -0.2) is 21.6 Å². The highest BCUT2D eigenvalue weighted by molar-refractivity contribution is 5.88. The molecule has 1 aliphatic carbocycles. The van der Waals surface area contributed by atoms with Crippen molar-refractivity contribution in [2.45, 2.75) is 31.2 Å². The van der Waals surface area contributed by atoms with Gasteiger partial charge in [0.2, 0.25) is 0 Å². The number of carboxylic acids is 1. The number of carbonyl (C=O) groups is 1. The Balaban J connectivity index is 1.91. The zero-order valence-electron chi connectivity index (χ0n) is 9.85. The molecular formula is C13H14N2O3. The topological polar surface area (TPSA) is 75.4 Å². The van der Waals surface area contributed by atoms with Gasteiger partial charge < -0.3 is 14.8 Å². The van der Waals surface area contributed by atoms with E-state index >= 15 is 0 Å². The zero-order chi connectivity index (χ0) is 12.6. The quantitative estimate of drug-likeness (QED) is 0.867. The molecule has 5 nitrogen and oxygen atoms in total. The Kier molecular flexibility index (Phi) is 2.47. The number of nitrogens with zero attached hydrogens (tertiary/aromatic N) is 1. The van der Waals surface area contributed by atoms with Crippen molar-refractivity contribution in [3.63, 3.8) is 0 Å². The van der Waals surface area contributed by atoms with Gasteiger partial charge >= 0.3 is 5.97 Å². The summed E-state index contributed by atoms with van der Waals surface area (Å²) in [5.41, 5.74) is 0.419. The van der Waals surface area contributed by atoms with Gasteiger partial charge in [0.1, 0.15) is 11.4 Å². The van der Waals surface area contributed by atoms with E-state index in [1.807, 2.05) is 6.07 Å². The Morgan fingerprint density at radius 1 is 1.50 bits per heavy atom. The monoisotopic (exact) mass is 246 g/mol. The Morgan fingerprint density at radius 3 is 3.00 bits per heavy atom. The second-order valence-corrected chi connectivity index (χ2v) is 4.82. The maximum atomic E-state index is 10.9. The van der Waals surface area contributed by atoms with Gasteiger partial charge in [0.15, 0.2) is 0 Å². The summed E-state index contributed by atoms with van der Waals surface area (Å²) in [4.78, 5) is 15.2. The Bertz CT molecular complexity index is 587. The summed E-state index contributed by atoms with van der Waals surface area (Å²) >= 11 is 0. The number of hydrogen-bond acceptors (Lipinski definition) is 4. The van der Waals surface area contributed by atoms with E-state index in [-0.39, 0.29) is 12.0 Å². The van der Waals surface area contributed by atoms with Crippen molar-refractivity contribution in [3.05, 3.63) is 24.6 Å². The molecular weight excluding hydrogens is 232 g/mol. The van der Waals surface area contributed by atoms with Crippen molar-refractivity contribution < 1.29 is 14.3 Å². The molecule has 18 heavy (non-hydrogen) atoms. The molecule has 2 aromatic rings. The molecule has 1 fully saturated rings. The van der Waals surface area contributed by atoms with E-state index in [0.29, 0.717) is 5.82 Å². The molecule has 1 aliphatic rings. The molecule has 3 rings (SSSR count). The van der Waals surface area contributed by atoms with Crippen LogP contribution in [0.1, 0.15) is 25.7 Å². The minimum atomic E-state index is -0.776. The Hall–Kier alpha value is -2.04. The lowest BCUT2D eigenvalue weighted by atomic mass is 9.74. The molecule has 94 valence electrons. The SMILES string of the molecule is O=C(O)CC1(Nc2nccc3occc23)CCC1. The summed E-state index contributed by atoms with van der Waals surface area (Å²) in [6.45, 7) is 0. The first-order valence-corrected chi connectivity index (χ1v) is 6.01. The molecule has 2 aromatic heterocycles. The second kappa shape index (κ2) is 4.01. The Morgan fingerprint density at radius 2 is 2.33 bits per heavy atom. The third kappa shape index (κ3) is 1.81. The number of hydrogen-bond donors (Lipinski definition) is 2. The number of carboxylic acid groups (broad SMARTS) is 1. The third-order valence-corrected chi connectivity index (χ3v) is 3.56. The summed E-state index contributed by atoms with van der Waals surface area (Å²) in [7, 11) is 0. The lowest BCUT2D eigenvalue weighted by Crippen LogP contribution is -2.47. The lowest BCUT2D eigenvalue weighted by Gasteiger charge is -2.42. The minimum Gasteiger partial charge on any atom is -0.481 e. The summed E-state index contributed by atoms with van der Waals surface area (Å²) in [5, 5.41) is 13.2. The fraction of sp³-hybridized carbons (Fsp3) is 0.385. The van der Waals surface area contributed by atoms with Crippen LogP contribution < -0.4 is 5.32 Å². The van der Waals surface area contributed by atoms with Crippen LogP contribution in [-0.2, 0) is 4.79 Å². The number of aromatic nitrogens is 1. The first-order valence-electron chi connectivity index (χ1n) is 6.01. The van der Waals surface area contributed by atoms with Crippen molar-refractivity contribution in [1.82, 2.24) is 4.98 Å². The predicted octanol–water partition coefficient (Wildman–Crippen LogP) is 2.64. The molecule has 5 heteroatoms. The average Bonchev–Trinajstić information content (AvgIpc) is 2.74. The highest BCUT2D eigenvalue weighted by Gasteiger charge is 2.39. The Labute approximate surface area is 104 Å². The number of pyridine rings is 1. The van der Waals surface area contributed by atoms with Gasteiger partial charge in [0.25, 0.3) is 0 Å². The first-order chi connectivity index (χ1) is 8.69. The largest absolute Gasteiger partial charge is 0.481 e. The van der Waals surface area contributed by atoms with Crippen LogP contribution >= 0.6 is 0 Å². The molecule has 0 aromatic carbocycles. The van der Waals surface area contributed by atoms with Crippen LogP contribution in [0.3, 0.4) is 0 Å². The van der Waals surface area contributed by atoms with Crippen molar-refractivity contribution >= 4 is 22.8 Å². The molecule has 2 heterocycles. The van der Waals surface area contributed by atoms with Gasteiger partial charge in [0, 0.05) is 11.7 Å². The normalized spacial score (nSPS) is 17.3. The molecule has 0 bridgehead atoms. The predicted molar refractivity (Wildman–Crippen MR) is 66.5 cm³/mol. The van der Waals surface area contributed by atoms with Crippen molar-refractivity contribution in [2.75, 3.05) is 5.32 Å². The van der Waals surface area contributed by atoms with Crippen molar-refractivity contribution in [1.29, 1.82) is 0 Å². The summed E-state index contributed by atoms with van der Waals surface area (Å²) in [6, 6.07) is 3.64. The smallest absolute Gasteiger partial charge is 0.305 e. The minimum absolute atomic E-state index is 0.128. The first kappa shape index (κ1) is 11.1. The van der Waals surface area contributed by atoms with E-state index in [4.69, 9.17) is 9.52 Å². The summed E-state index contributed by atoms with van der Waals surface area (Å²) in [5.74, 6) is -0.0660. The number of nitrogens with one attached hydrogen (secondary N) is 1. The number of rotatable bonds is 4. The van der Waals surface area contributed by atoms with Crippen LogP contribution in [0, 0.1) is 0 Å². The standard InChI is InChI=1S/C13H14N2O3/c16-11(17)8-13(4-1-5-13)15-12-9-3-7-18-10(9)2-6-14-12/h2-3,6-7H,1,4-5,8H2,(H,14,15)(H,16,17). The summed E-state index contributed by atoms with van der Waals surface area (Å²) < 4.78 is 5.31. The van der Waals surface area contributed by atoms with E-state index < -0.39 is 5.97 Å².